The van der Waals surface area contributed by atoms with Gasteiger partial charge in [0.15, 0.2) is 0 Å². The molecule has 0 aromatic heterocycles. The van der Waals surface area contributed by atoms with Crippen molar-refractivity contribution in [3.8, 4) is 0 Å². The van der Waals surface area contributed by atoms with Crippen LogP contribution in [0.15, 0.2) is 0 Å². The first-order valence-electron chi connectivity index (χ1n) is 4.88. The third kappa shape index (κ3) is 2.14. The molecule has 0 aliphatic carbocycles. The largest absolute Gasteiger partial charge is 0.219 e. The molecule has 1 aliphatic heterocycles. The highest BCUT2D eigenvalue weighted by Crippen LogP contribution is 2.29. The second-order valence-electron chi connectivity index (χ2n) is 4.68. The molecule has 1 unspecified atom stereocenters. The lowest BCUT2D eigenvalue weighted by molar-refractivity contribution is 0.396. The summed E-state index contributed by atoms with van der Waals surface area (Å²) >= 11 is 3.37. The van der Waals surface area contributed by atoms with E-state index in [2.05, 4.69) is 15.9 Å². The number of halogens is 1. The summed E-state index contributed by atoms with van der Waals surface area (Å²) in [5.74, 6) is 0. The van der Waals surface area contributed by atoms with Crippen LogP contribution in [0.4, 0.5) is 0 Å². The fourth-order valence-corrected chi connectivity index (χ4v) is 4.14. The number of alkyl halides is 1. The van der Waals surface area contributed by atoms with Crippen LogP contribution in [0.5, 0.6) is 0 Å². The van der Waals surface area contributed by atoms with Crippen LogP contribution < -0.4 is 0 Å². The monoisotopic (exact) mass is 283 g/mol. The van der Waals surface area contributed by atoms with Gasteiger partial charge in [-0.3, -0.25) is 0 Å². The van der Waals surface area contributed by atoms with Gasteiger partial charge in [0.25, 0.3) is 0 Å². The van der Waals surface area contributed by atoms with Crippen molar-refractivity contribution in [3.05, 3.63) is 0 Å². The standard InChI is InChI=1S/C9H18BrNO2S/c1-9(2,3)14(12,13)11-6-4-5-8(11)7-10/h8H,4-7H2,1-3H3. The molecule has 1 fully saturated rings. The molecule has 1 atom stereocenters. The van der Waals surface area contributed by atoms with Crippen LogP contribution >= 0.6 is 15.9 Å². The van der Waals surface area contributed by atoms with Crippen molar-refractivity contribution in [1.29, 1.82) is 0 Å². The van der Waals surface area contributed by atoms with E-state index in [-0.39, 0.29) is 6.04 Å². The molecule has 0 saturated carbocycles. The summed E-state index contributed by atoms with van der Waals surface area (Å²) in [4.78, 5) is 0. The Morgan fingerprint density at radius 2 is 2.00 bits per heavy atom. The Morgan fingerprint density at radius 3 is 2.43 bits per heavy atom. The zero-order valence-corrected chi connectivity index (χ0v) is 11.4. The number of hydrogen-bond acceptors (Lipinski definition) is 2. The van der Waals surface area contributed by atoms with Crippen molar-refractivity contribution in [3.63, 3.8) is 0 Å². The predicted octanol–water partition coefficient (Wildman–Crippen LogP) is 1.97. The van der Waals surface area contributed by atoms with Crippen LogP contribution in [0.3, 0.4) is 0 Å². The second-order valence-corrected chi connectivity index (χ2v) is 7.97. The zero-order valence-electron chi connectivity index (χ0n) is 8.96. The van der Waals surface area contributed by atoms with E-state index >= 15 is 0 Å². The molecule has 0 aromatic carbocycles. The lowest BCUT2D eigenvalue weighted by atomic mass is 10.3. The number of rotatable bonds is 2. The van der Waals surface area contributed by atoms with Gasteiger partial charge >= 0.3 is 0 Å². The van der Waals surface area contributed by atoms with Crippen molar-refractivity contribution in [2.24, 2.45) is 0 Å². The van der Waals surface area contributed by atoms with Gasteiger partial charge in [-0.2, -0.15) is 4.31 Å². The lowest BCUT2D eigenvalue weighted by Crippen LogP contribution is -2.45. The summed E-state index contributed by atoms with van der Waals surface area (Å²) in [5.41, 5.74) is 0. The van der Waals surface area contributed by atoms with Crippen molar-refractivity contribution in [1.82, 2.24) is 4.31 Å². The van der Waals surface area contributed by atoms with Crippen molar-refractivity contribution in [2.45, 2.75) is 44.4 Å². The van der Waals surface area contributed by atoms with Crippen molar-refractivity contribution in [2.75, 3.05) is 11.9 Å². The lowest BCUT2D eigenvalue weighted by Gasteiger charge is -2.30. The zero-order chi connectivity index (χ0) is 11.0. The van der Waals surface area contributed by atoms with Gasteiger partial charge in [0, 0.05) is 17.9 Å². The van der Waals surface area contributed by atoms with Gasteiger partial charge < -0.3 is 0 Å². The molecule has 14 heavy (non-hydrogen) atoms. The molecule has 84 valence electrons. The molecule has 0 aromatic rings. The van der Waals surface area contributed by atoms with Crippen LogP contribution in [0.2, 0.25) is 0 Å². The number of hydrogen-bond donors (Lipinski definition) is 0. The SMILES string of the molecule is CC(C)(C)S(=O)(=O)N1CCCC1CBr. The fourth-order valence-electron chi connectivity index (χ4n) is 1.63. The Labute approximate surface area is 95.0 Å². The van der Waals surface area contributed by atoms with Gasteiger partial charge in [-0.15, -0.1) is 0 Å². The van der Waals surface area contributed by atoms with Gasteiger partial charge in [0.2, 0.25) is 10.0 Å². The molecule has 1 rings (SSSR count). The minimum Gasteiger partial charge on any atom is -0.212 e. The number of sulfonamides is 1. The Kier molecular flexibility index (Phi) is 3.65. The molecule has 0 radical (unpaired) electrons. The van der Waals surface area contributed by atoms with Gasteiger partial charge in [0.1, 0.15) is 0 Å². The topological polar surface area (TPSA) is 37.4 Å². The smallest absolute Gasteiger partial charge is 0.212 e. The maximum absolute atomic E-state index is 12.1. The first-order valence-corrected chi connectivity index (χ1v) is 7.44. The third-order valence-corrected chi connectivity index (χ3v) is 5.98. The molecular weight excluding hydrogens is 266 g/mol. The molecule has 3 nitrogen and oxygen atoms in total. The normalized spacial score (nSPS) is 25.6. The minimum atomic E-state index is -3.13. The molecule has 1 aliphatic rings. The summed E-state index contributed by atoms with van der Waals surface area (Å²) in [6.07, 6.45) is 1.95. The summed E-state index contributed by atoms with van der Waals surface area (Å²) in [5, 5.41) is 0.738. The summed E-state index contributed by atoms with van der Waals surface area (Å²) < 4.78 is 25.2. The first kappa shape index (κ1) is 12.5. The molecular formula is C9H18BrNO2S. The highest BCUT2D eigenvalue weighted by atomic mass is 79.9. The first-order chi connectivity index (χ1) is 6.30. The van der Waals surface area contributed by atoms with Gasteiger partial charge in [-0.1, -0.05) is 15.9 Å². The fraction of sp³-hybridized carbons (Fsp3) is 1.00. The highest BCUT2D eigenvalue weighted by molar-refractivity contribution is 9.09. The van der Waals surface area contributed by atoms with Gasteiger partial charge in [0.05, 0.1) is 4.75 Å². The summed E-state index contributed by atoms with van der Waals surface area (Å²) in [6, 6.07) is 0.152. The Hall–Kier alpha value is 0.390. The second kappa shape index (κ2) is 4.10. The van der Waals surface area contributed by atoms with Gasteiger partial charge in [-0.05, 0) is 33.6 Å². The van der Waals surface area contributed by atoms with E-state index in [1.165, 1.54) is 0 Å². The molecule has 0 bridgehead atoms. The van der Waals surface area contributed by atoms with E-state index in [4.69, 9.17) is 0 Å². The average Bonchev–Trinajstić information content (AvgIpc) is 2.49. The Balaban J connectivity index is 2.93. The molecule has 0 spiro atoms. The summed E-state index contributed by atoms with van der Waals surface area (Å²) in [7, 11) is -3.13. The predicted molar refractivity (Wildman–Crippen MR) is 62.2 cm³/mol. The number of nitrogens with zero attached hydrogens (tertiary/aromatic N) is 1. The highest BCUT2D eigenvalue weighted by Gasteiger charge is 2.40. The maximum atomic E-state index is 12.1. The summed E-state index contributed by atoms with van der Waals surface area (Å²) in [6.45, 7) is 5.94. The van der Waals surface area contributed by atoms with Crippen LogP contribution in [0.25, 0.3) is 0 Å². The van der Waals surface area contributed by atoms with E-state index < -0.39 is 14.8 Å². The molecule has 1 heterocycles. The minimum absolute atomic E-state index is 0.152. The average molecular weight is 284 g/mol. The molecule has 0 amide bonds. The van der Waals surface area contributed by atoms with E-state index in [1.807, 2.05) is 0 Å². The van der Waals surface area contributed by atoms with Crippen molar-refractivity contribution < 1.29 is 8.42 Å². The molecule has 1 saturated heterocycles. The van der Waals surface area contributed by atoms with Gasteiger partial charge in [-0.25, -0.2) is 8.42 Å². The van der Waals surface area contributed by atoms with E-state index in [1.54, 1.807) is 25.1 Å². The van der Waals surface area contributed by atoms with Crippen LogP contribution in [-0.4, -0.2) is 35.4 Å². The third-order valence-electron chi connectivity index (χ3n) is 2.58. The van der Waals surface area contributed by atoms with Crippen molar-refractivity contribution >= 4 is 26.0 Å². The van der Waals surface area contributed by atoms with E-state index in [0.717, 1.165) is 18.2 Å². The Bertz CT molecular complexity index is 294. The van der Waals surface area contributed by atoms with Crippen LogP contribution in [0.1, 0.15) is 33.6 Å². The van der Waals surface area contributed by atoms with Crippen LogP contribution in [-0.2, 0) is 10.0 Å². The van der Waals surface area contributed by atoms with Crippen LogP contribution in [0, 0.1) is 0 Å². The van der Waals surface area contributed by atoms with E-state index in [9.17, 15) is 8.42 Å². The van der Waals surface area contributed by atoms with E-state index in [0.29, 0.717) is 6.54 Å². The Morgan fingerprint density at radius 1 is 1.43 bits per heavy atom. The molecule has 0 N–H and O–H groups in total. The maximum Gasteiger partial charge on any atom is 0.219 e. The quantitative estimate of drug-likeness (QED) is 0.727. The molecule has 5 heteroatoms.